The van der Waals surface area contributed by atoms with Gasteiger partial charge in [-0.1, -0.05) is 0 Å². The number of ether oxygens (including phenoxy) is 3. The molecule has 32 heavy (non-hydrogen) atoms. The number of anilines is 2. The van der Waals surface area contributed by atoms with Gasteiger partial charge in [0.2, 0.25) is 0 Å². The van der Waals surface area contributed by atoms with Gasteiger partial charge in [-0.15, -0.1) is 0 Å². The van der Waals surface area contributed by atoms with Crippen LogP contribution in [-0.2, 0) is 22.0 Å². The minimum atomic E-state index is -4.22. The molecular formula is C20H29N5O6S. The van der Waals surface area contributed by atoms with Gasteiger partial charge in [0, 0.05) is 50.3 Å². The number of aromatic nitrogens is 2. The Morgan fingerprint density at radius 3 is 2.34 bits per heavy atom. The molecule has 0 unspecified atom stereocenters. The van der Waals surface area contributed by atoms with Crippen molar-refractivity contribution in [3.8, 4) is 11.5 Å². The van der Waals surface area contributed by atoms with E-state index in [1.807, 2.05) is 13.8 Å². The summed E-state index contributed by atoms with van der Waals surface area (Å²) in [7, 11) is -2.53. The molecule has 176 valence electrons. The van der Waals surface area contributed by atoms with Crippen molar-refractivity contribution in [3.05, 3.63) is 30.6 Å². The first-order valence-corrected chi connectivity index (χ1v) is 11.9. The van der Waals surface area contributed by atoms with Gasteiger partial charge in [-0.25, -0.2) is 13.8 Å². The van der Waals surface area contributed by atoms with Gasteiger partial charge in [0.25, 0.3) is 0 Å². The molecule has 1 aliphatic heterocycles. The molecule has 11 nitrogen and oxygen atoms in total. The highest BCUT2D eigenvalue weighted by Gasteiger charge is 2.33. The third kappa shape index (κ3) is 6.04. The number of hydrogen-bond acceptors (Lipinski definition) is 7. The van der Waals surface area contributed by atoms with Gasteiger partial charge in [-0.2, -0.15) is 13.5 Å². The third-order valence-electron chi connectivity index (χ3n) is 4.71. The third-order valence-corrected chi connectivity index (χ3v) is 6.18. The van der Waals surface area contributed by atoms with Gasteiger partial charge in [-0.05, 0) is 26.7 Å². The Balaban J connectivity index is 1.80. The van der Waals surface area contributed by atoms with Gasteiger partial charge in [-0.3, -0.25) is 4.68 Å². The molecule has 2 heterocycles. The molecular weight excluding hydrogens is 438 g/mol. The lowest BCUT2D eigenvalue weighted by molar-refractivity contribution is 0.0875. The van der Waals surface area contributed by atoms with Crippen molar-refractivity contribution < 1.29 is 27.4 Å². The average molecular weight is 468 g/mol. The fourth-order valence-corrected chi connectivity index (χ4v) is 4.81. The molecule has 0 radical (unpaired) electrons. The van der Waals surface area contributed by atoms with Crippen LogP contribution in [0.15, 0.2) is 30.6 Å². The molecule has 1 saturated heterocycles. The Kier molecular flexibility index (Phi) is 7.80. The summed E-state index contributed by atoms with van der Waals surface area (Å²) in [5.41, 5.74) is 0.711. The largest absolute Gasteiger partial charge is 0.494 e. The number of nitrogens with zero attached hydrogens (tertiary/aromatic N) is 3. The standard InChI is InChI=1S/C20H29N5O6S/c1-4-30-18-10-15(11-19(12-18)31-5-2)22-20(26)23-32(27,28)25(16-6-8-29-9-7-16)17-13-21-24(3)14-17/h10-14,16H,4-9H2,1-3H3,(H2,22,23,26). The Bertz CT molecular complexity index is 995. The molecule has 1 aromatic heterocycles. The van der Waals surface area contributed by atoms with Gasteiger partial charge in [0.15, 0.2) is 0 Å². The zero-order valence-electron chi connectivity index (χ0n) is 18.4. The number of hydrogen-bond donors (Lipinski definition) is 2. The van der Waals surface area contributed by atoms with E-state index in [-0.39, 0.29) is 6.04 Å². The van der Waals surface area contributed by atoms with Gasteiger partial charge >= 0.3 is 16.2 Å². The smallest absolute Gasteiger partial charge is 0.334 e. The van der Waals surface area contributed by atoms with Crippen LogP contribution >= 0.6 is 0 Å². The molecule has 0 atom stereocenters. The van der Waals surface area contributed by atoms with E-state index in [0.717, 1.165) is 0 Å². The van der Waals surface area contributed by atoms with Crippen LogP contribution in [0.4, 0.5) is 16.2 Å². The number of carbonyl (C=O) groups excluding carboxylic acids is 1. The Labute approximate surface area is 187 Å². The fourth-order valence-electron chi connectivity index (χ4n) is 3.45. The summed E-state index contributed by atoms with van der Waals surface area (Å²) in [6.45, 7) is 5.41. The number of urea groups is 1. The summed E-state index contributed by atoms with van der Waals surface area (Å²) in [6, 6.07) is 3.62. The number of amides is 2. The Morgan fingerprint density at radius 1 is 1.19 bits per heavy atom. The zero-order valence-corrected chi connectivity index (χ0v) is 19.2. The second-order valence-electron chi connectivity index (χ2n) is 7.13. The summed E-state index contributed by atoms with van der Waals surface area (Å²) in [5.74, 6) is 0.992. The van der Waals surface area contributed by atoms with E-state index in [9.17, 15) is 13.2 Å². The quantitative estimate of drug-likeness (QED) is 0.580. The van der Waals surface area contributed by atoms with Crippen LogP contribution in [0.25, 0.3) is 0 Å². The number of rotatable bonds is 9. The van der Waals surface area contributed by atoms with E-state index in [4.69, 9.17) is 14.2 Å². The van der Waals surface area contributed by atoms with Crippen LogP contribution in [-0.4, -0.2) is 56.7 Å². The molecule has 3 rings (SSSR count). The lowest BCUT2D eigenvalue weighted by atomic mass is 10.1. The SMILES string of the molecule is CCOc1cc(NC(=O)NS(=O)(=O)N(c2cnn(C)c2)C2CCOCC2)cc(OCC)c1. The first-order chi connectivity index (χ1) is 15.3. The van der Waals surface area contributed by atoms with Crippen molar-refractivity contribution in [1.82, 2.24) is 14.5 Å². The van der Waals surface area contributed by atoms with E-state index < -0.39 is 16.2 Å². The minimum Gasteiger partial charge on any atom is -0.494 e. The monoisotopic (exact) mass is 467 g/mol. The highest BCUT2D eigenvalue weighted by atomic mass is 32.2. The molecule has 2 amide bonds. The number of aryl methyl sites for hydroxylation is 1. The van der Waals surface area contributed by atoms with Crippen LogP contribution in [0, 0.1) is 0 Å². The van der Waals surface area contributed by atoms with Crippen LogP contribution in [0.1, 0.15) is 26.7 Å². The van der Waals surface area contributed by atoms with Crippen LogP contribution in [0.3, 0.4) is 0 Å². The van der Waals surface area contributed by atoms with E-state index in [1.54, 1.807) is 31.4 Å². The lowest BCUT2D eigenvalue weighted by Crippen LogP contribution is -2.51. The van der Waals surface area contributed by atoms with E-state index in [2.05, 4.69) is 15.1 Å². The molecule has 1 aliphatic rings. The molecule has 2 N–H and O–H groups in total. The van der Waals surface area contributed by atoms with Crippen molar-refractivity contribution in [2.75, 3.05) is 36.0 Å². The van der Waals surface area contributed by atoms with Crippen molar-refractivity contribution >= 4 is 27.6 Å². The van der Waals surface area contributed by atoms with Gasteiger partial charge in [0.1, 0.15) is 11.5 Å². The second kappa shape index (κ2) is 10.6. The zero-order chi connectivity index (χ0) is 23.1. The molecule has 1 fully saturated rings. The first kappa shape index (κ1) is 23.7. The maximum atomic E-state index is 13.2. The Morgan fingerprint density at radius 2 is 1.81 bits per heavy atom. The average Bonchev–Trinajstić information content (AvgIpc) is 3.14. The summed E-state index contributed by atoms with van der Waals surface area (Å²) in [6.07, 6.45) is 4.05. The number of benzene rings is 1. The second-order valence-corrected chi connectivity index (χ2v) is 8.68. The molecule has 0 bridgehead atoms. The molecule has 0 saturated carbocycles. The molecule has 12 heteroatoms. The van der Waals surface area contributed by atoms with E-state index in [1.165, 1.54) is 15.2 Å². The number of carbonyl (C=O) groups is 1. The maximum Gasteiger partial charge on any atom is 0.334 e. The van der Waals surface area contributed by atoms with E-state index >= 15 is 0 Å². The van der Waals surface area contributed by atoms with Crippen LogP contribution in [0.2, 0.25) is 0 Å². The summed E-state index contributed by atoms with van der Waals surface area (Å²) < 4.78 is 47.6. The molecule has 2 aromatic rings. The predicted molar refractivity (Wildman–Crippen MR) is 119 cm³/mol. The Hall–Kier alpha value is -2.99. The van der Waals surface area contributed by atoms with Crippen molar-refractivity contribution in [2.45, 2.75) is 32.7 Å². The first-order valence-electron chi connectivity index (χ1n) is 10.4. The van der Waals surface area contributed by atoms with Crippen molar-refractivity contribution in [1.29, 1.82) is 0 Å². The highest BCUT2D eigenvalue weighted by molar-refractivity contribution is 7.91. The topological polar surface area (TPSA) is 124 Å². The highest BCUT2D eigenvalue weighted by Crippen LogP contribution is 2.27. The lowest BCUT2D eigenvalue weighted by Gasteiger charge is -2.33. The van der Waals surface area contributed by atoms with E-state index in [0.29, 0.717) is 62.1 Å². The normalized spacial score (nSPS) is 14.6. The summed E-state index contributed by atoms with van der Waals surface area (Å²) in [4.78, 5) is 12.6. The summed E-state index contributed by atoms with van der Waals surface area (Å²) >= 11 is 0. The van der Waals surface area contributed by atoms with Gasteiger partial charge < -0.3 is 19.5 Å². The predicted octanol–water partition coefficient (Wildman–Crippen LogP) is 2.27. The maximum absolute atomic E-state index is 13.2. The van der Waals surface area contributed by atoms with Crippen molar-refractivity contribution in [3.63, 3.8) is 0 Å². The van der Waals surface area contributed by atoms with Gasteiger partial charge in [0.05, 0.1) is 31.1 Å². The molecule has 0 aliphatic carbocycles. The molecule has 0 spiro atoms. The van der Waals surface area contributed by atoms with Crippen molar-refractivity contribution in [2.24, 2.45) is 7.05 Å². The fraction of sp³-hybridized carbons (Fsp3) is 0.500. The number of nitrogens with one attached hydrogen (secondary N) is 2. The molecule has 1 aromatic carbocycles. The minimum absolute atomic E-state index is 0.339. The summed E-state index contributed by atoms with van der Waals surface area (Å²) in [5, 5.41) is 6.62. The van der Waals surface area contributed by atoms with Crippen LogP contribution in [0.5, 0.6) is 11.5 Å². The van der Waals surface area contributed by atoms with Crippen LogP contribution < -0.4 is 23.8 Å².